The summed E-state index contributed by atoms with van der Waals surface area (Å²) in [5, 5.41) is 0. The van der Waals surface area contributed by atoms with Gasteiger partial charge in [0.2, 0.25) is 5.89 Å². The molecule has 1 aromatic heterocycles. The summed E-state index contributed by atoms with van der Waals surface area (Å²) in [5.41, 5.74) is 0. The van der Waals surface area contributed by atoms with Crippen molar-refractivity contribution in [1.82, 2.24) is 9.71 Å². The summed E-state index contributed by atoms with van der Waals surface area (Å²) >= 11 is 0. The smallest absolute Gasteiger partial charge is 0.212 e. The Kier molecular flexibility index (Phi) is 5.08. The predicted molar refractivity (Wildman–Crippen MR) is 69.7 cm³/mol. The maximum Gasteiger partial charge on any atom is 0.212 e. The van der Waals surface area contributed by atoms with Gasteiger partial charge < -0.3 is 4.42 Å². The van der Waals surface area contributed by atoms with Crippen molar-refractivity contribution in [2.24, 2.45) is 0 Å². The Labute approximate surface area is 105 Å². The van der Waals surface area contributed by atoms with Gasteiger partial charge >= 0.3 is 0 Å². The molecule has 0 aliphatic carbocycles. The number of oxazole rings is 1. The molecule has 2 atom stereocenters. The zero-order valence-electron chi connectivity index (χ0n) is 10.6. The van der Waals surface area contributed by atoms with E-state index in [9.17, 15) is 4.21 Å². The number of nitrogens with zero attached hydrogens (tertiary/aromatic N) is 1. The molecule has 0 aliphatic heterocycles. The third-order valence-corrected chi connectivity index (χ3v) is 3.83. The maximum absolute atomic E-state index is 12.0. The third-order valence-electron chi connectivity index (χ3n) is 2.21. The monoisotopic (exact) mass is 256 g/mol. The number of nitrogens with one attached hydrogen (secondary N) is 1. The topological polar surface area (TPSA) is 55.1 Å². The second-order valence-electron chi connectivity index (χ2n) is 4.79. The van der Waals surface area contributed by atoms with Gasteiger partial charge in [0.1, 0.15) is 6.26 Å². The Hall–Kier alpha value is -0.940. The fourth-order valence-electron chi connectivity index (χ4n) is 1.23. The normalized spacial score (nSPS) is 15.5. The van der Waals surface area contributed by atoms with Crippen molar-refractivity contribution >= 4 is 11.0 Å². The zero-order valence-corrected chi connectivity index (χ0v) is 11.4. The number of aromatic nitrogens is 1. The van der Waals surface area contributed by atoms with E-state index in [-0.39, 0.29) is 10.8 Å². The molecule has 4 nitrogen and oxygen atoms in total. The van der Waals surface area contributed by atoms with E-state index in [1.807, 2.05) is 26.8 Å². The summed E-state index contributed by atoms with van der Waals surface area (Å²) in [6.07, 6.45) is 6.54. The molecule has 0 spiro atoms. The largest absolute Gasteiger partial charge is 0.447 e. The molecular weight excluding hydrogens is 236 g/mol. The van der Waals surface area contributed by atoms with Crippen LogP contribution in [0.1, 0.15) is 45.5 Å². The zero-order chi connectivity index (χ0) is 12.9. The minimum atomic E-state index is -1.14. The van der Waals surface area contributed by atoms with Crippen molar-refractivity contribution in [2.75, 3.05) is 0 Å². The molecule has 1 heterocycles. The highest BCUT2D eigenvalue weighted by Gasteiger charge is 2.25. The van der Waals surface area contributed by atoms with Gasteiger partial charge in [-0.1, -0.05) is 6.08 Å². The highest BCUT2D eigenvalue weighted by Crippen LogP contribution is 2.20. The van der Waals surface area contributed by atoms with E-state index in [1.54, 1.807) is 6.20 Å². The molecule has 1 rings (SSSR count). The van der Waals surface area contributed by atoms with E-state index >= 15 is 0 Å². The first-order valence-electron chi connectivity index (χ1n) is 5.63. The Balaban J connectivity index is 2.71. The van der Waals surface area contributed by atoms with Crippen LogP contribution in [0.25, 0.3) is 0 Å². The van der Waals surface area contributed by atoms with Crippen LogP contribution < -0.4 is 4.72 Å². The van der Waals surface area contributed by atoms with Crippen LogP contribution in [-0.4, -0.2) is 13.9 Å². The molecule has 17 heavy (non-hydrogen) atoms. The summed E-state index contributed by atoms with van der Waals surface area (Å²) in [5.74, 6) is 0.574. The summed E-state index contributed by atoms with van der Waals surface area (Å²) in [6, 6.07) is -0.136. The number of hydrogen-bond acceptors (Lipinski definition) is 3. The van der Waals surface area contributed by atoms with Gasteiger partial charge in [-0.25, -0.2) is 13.9 Å². The minimum absolute atomic E-state index is 0.136. The number of rotatable bonds is 6. The molecule has 0 fully saturated rings. The SMILES string of the molecule is C=CCCC(NS(=O)C(C)(C)C)c1ncco1. The quantitative estimate of drug-likeness (QED) is 0.796. The molecule has 0 saturated carbocycles. The molecule has 1 N–H and O–H groups in total. The van der Waals surface area contributed by atoms with Crippen LogP contribution in [0.2, 0.25) is 0 Å². The lowest BCUT2D eigenvalue weighted by atomic mass is 10.2. The fraction of sp³-hybridized carbons (Fsp3) is 0.583. The second-order valence-corrected chi connectivity index (χ2v) is 6.79. The van der Waals surface area contributed by atoms with Gasteiger partial charge in [0, 0.05) is 0 Å². The molecule has 0 radical (unpaired) electrons. The van der Waals surface area contributed by atoms with E-state index in [4.69, 9.17) is 4.42 Å². The first kappa shape index (κ1) is 14.1. The standard InChI is InChI=1S/C12H20N2O2S/c1-5-6-7-10(11-13-8-9-16-11)14-17(15)12(2,3)4/h5,8-10,14H,1,6-7H2,2-4H3. The van der Waals surface area contributed by atoms with Crippen LogP contribution >= 0.6 is 0 Å². The van der Waals surface area contributed by atoms with Crippen LogP contribution in [-0.2, 0) is 11.0 Å². The van der Waals surface area contributed by atoms with E-state index in [2.05, 4.69) is 16.3 Å². The first-order chi connectivity index (χ1) is 7.95. The molecule has 2 unspecified atom stereocenters. The molecule has 1 aromatic rings. The van der Waals surface area contributed by atoms with Gasteiger partial charge in [-0.2, -0.15) is 0 Å². The predicted octanol–water partition coefficient (Wildman–Crippen LogP) is 2.73. The molecule has 5 heteroatoms. The molecule has 0 aromatic carbocycles. The van der Waals surface area contributed by atoms with E-state index in [1.165, 1.54) is 6.26 Å². The summed E-state index contributed by atoms with van der Waals surface area (Å²) < 4.78 is 20.1. The van der Waals surface area contributed by atoms with Gasteiger partial charge in [0.25, 0.3) is 0 Å². The van der Waals surface area contributed by atoms with Gasteiger partial charge in [0.05, 0.1) is 28.0 Å². The first-order valence-corrected chi connectivity index (χ1v) is 6.78. The average Bonchev–Trinajstić information content (AvgIpc) is 2.75. The Morgan fingerprint density at radius 2 is 2.35 bits per heavy atom. The minimum Gasteiger partial charge on any atom is -0.447 e. The van der Waals surface area contributed by atoms with Crippen molar-refractivity contribution in [1.29, 1.82) is 0 Å². The number of hydrogen-bond donors (Lipinski definition) is 1. The molecular formula is C12H20N2O2S. The third kappa shape index (κ3) is 4.44. The molecule has 0 saturated heterocycles. The second kappa shape index (κ2) is 6.12. The van der Waals surface area contributed by atoms with Gasteiger partial charge in [-0.05, 0) is 33.6 Å². The van der Waals surface area contributed by atoms with Crippen LogP contribution in [0.4, 0.5) is 0 Å². The van der Waals surface area contributed by atoms with Crippen molar-refractivity contribution in [3.05, 3.63) is 31.0 Å². The van der Waals surface area contributed by atoms with Crippen LogP contribution in [0.5, 0.6) is 0 Å². The van der Waals surface area contributed by atoms with Crippen LogP contribution in [0.15, 0.2) is 29.5 Å². The average molecular weight is 256 g/mol. The number of allylic oxidation sites excluding steroid dienone is 1. The fourth-order valence-corrected chi connectivity index (χ4v) is 2.06. The lowest BCUT2D eigenvalue weighted by Crippen LogP contribution is -2.35. The van der Waals surface area contributed by atoms with E-state index < -0.39 is 11.0 Å². The van der Waals surface area contributed by atoms with E-state index in [0.717, 1.165) is 12.8 Å². The van der Waals surface area contributed by atoms with Gasteiger partial charge in [-0.3, -0.25) is 0 Å². The summed E-state index contributed by atoms with van der Waals surface area (Å²) in [4.78, 5) is 4.11. The van der Waals surface area contributed by atoms with Crippen LogP contribution in [0, 0.1) is 0 Å². The van der Waals surface area contributed by atoms with Crippen molar-refractivity contribution in [3.63, 3.8) is 0 Å². The van der Waals surface area contributed by atoms with E-state index in [0.29, 0.717) is 5.89 Å². The van der Waals surface area contributed by atoms with Crippen molar-refractivity contribution in [3.8, 4) is 0 Å². The molecule has 0 aliphatic rings. The van der Waals surface area contributed by atoms with Crippen molar-refractivity contribution < 1.29 is 8.63 Å². The van der Waals surface area contributed by atoms with Gasteiger partial charge in [-0.15, -0.1) is 6.58 Å². The molecule has 96 valence electrons. The highest BCUT2D eigenvalue weighted by atomic mass is 32.2. The lowest BCUT2D eigenvalue weighted by molar-refractivity contribution is 0.419. The highest BCUT2D eigenvalue weighted by molar-refractivity contribution is 7.84. The maximum atomic E-state index is 12.0. The Morgan fingerprint density at radius 1 is 1.65 bits per heavy atom. The lowest BCUT2D eigenvalue weighted by Gasteiger charge is -2.22. The van der Waals surface area contributed by atoms with Crippen molar-refractivity contribution in [2.45, 2.75) is 44.4 Å². The summed E-state index contributed by atoms with van der Waals surface area (Å²) in [7, 11) is -1.14. The van der Waals surface area contributed by atoms with Crippen LogP contribution in [0.3, 0.4) is 0 Å². The molecule has 0 bridgehead atoms. The Morgan fingerprint density at radius 3 is 2.82 bits per heavy atom. The molecule has 0 amide bonds. The van der Waals surface area contributed by atoms with Gasteiger partial charge in [0.15, 0.2) is 0 Å². The Bertz CT molecular complexity index is 368. The summed E-state index contributed by atoms with van der Waals surface area (Å²) in [6.45, 7) is 9.47.